The Morgan fingerprint density at radius 1 is 1.00 bits per heavy atom. The maximum absolute atomic E-state index is 14.0. The molecule has 9 nitrogen and oxygen atoms in total. The molecule has 4 aromatic rings. The SMILES string of the molecule is C[C@H](NC(=O)c1c2n(c(=O)n1-c1ccc(OC3CC3)cc1)CCN(C(=O)c1ccc(Br)c(Cl)c1)C2)c1ccc(OC(F)(F)F)cc1. The highest BCUT2D eigenvalue weighted by atomic mass is 79.9. The monoisotopic (exact) mass is 718 g/mol. The zero-order valence-electron chi connectivity index (χ0n) is 24.3. The van der Waals surface area contributed by atoms with Crippen LogP contribution in [0.5, 0.6) is 11.5 Å². The number of amides is 2. The van der Waals surface area contributed by atoms with Crippen LogP contribution in [0.4, 0.5) is 13.2 Å². The second-order valence-corrected chi connectivity index (χ2v) is 12.3. The number of hydrogen-bond acceptors (Lipinski definition) is 5. The number of carbonyl (C=O) groups excluding carboxylic acids is 2. The lowest BCUT2D eigenvalue weighted by Gasteiger charge is -2.28. The molecule has 1 atom stereocenters. The number of hydrogen-bond donors (Lipinski definition) is 1. The van der Waals surface area contributed by atoms with Crippen molar-refractivity contribution in [2.45, 2.75) is 51.4 Å². The van der Waals surface area contributed by atoms with Gasteiger partial charge in [0.25, 0.3) is 11.8 Å². The van der Waals surface area contributed by atoms with E-state index in [1.54, 1.807) is 54.3 Å². The van der Waals surface area contributed by atoms with Crippen molar-refractivity contribution in [1.82, 2.24) is 19.4 Å². The van der Waals surface area contributed by atoms with Gasteiger partial charge in [-0.3, -0.25) is 18.7 Å². The van der Waals surface area contributed by atoms with E-state index in [-0.39, 0.29) is 37.3 Å². The van der Waals surface area contributed by atoms with Crippen molar-refractivity contribution in [3.05, 3.63) is 109 Å². The smallest absolute Gasteiger partial charge is 0.490 e. The molecular formula is C32H27BrClF3N4O5. The number of imidazole rings is 1. The van der Waals surface area contributed by atoms with Crippen LogP contribution in [0.3, 0.4) is 0 Å². The number of rotatable bonds is 8. The van der Waals surface area contributed by atoms with Crippen molar-refractivity contribution in [2.75, 3.05) is 6.54 Å². The minimum atomic E-state index is -4.83. The molecule has 240 valence electrons. The van der Waals surface area contributed by atoms with E-state index in [0.29, 0.717) is 37.8 Å². The Morgan fingerprint density at radius 2 is 1.67 bits per heavy atom. The Hall–Kier alpha value is -4.23. The van der Waals surface area contributed by atoms with Gasteiger partial charge in [0.15, 0.2) is 0 Å². The van der Waals surface area contributed by atoms with E-state index < -0.39 is 29.8 Å². The Morgan fingerprint density at radius 3 is 2.30 bits per heavy atom. The fourth-order valence-electron chi connectivity index (χ4n) is 5.28. The lowest BCUT2D eigenvalue weighted by atomic mass is 10.1. The number of nitrogens with one attached hydrogen (secondary N) is 1. The van der Waals surface area contributed by atoms with Gasteiger partial charge in [-0.05, 0) is 95.9 Å². The first-order chi connectivity index (χ1) is 21.9. The minimum absolute atomic E-state index is 0.0295. The van der Waals surface area contributed by atoms with E-state index in [9.17, 15) is 27.6 Å². The number of halogens is 5. The normalized spacial score (nSPS) is 15.2. The van der Waals surface area contributed by atoms with Crippen molar-refractivity contribution in [1.29, 1.82) is 0 Å². The average Bonchev–Trinajstić information content (AvgIpc) is 3.79. The van der Waals surface area contributed by atoms with Gasteiger partial charge in [0, 0.05) is 23.1 Å². The van der Waals surface area contributed by atoms with Gasteiger partial charge in [-0.15, -0.1) is 13.2 Å². The summed E-state index contributed by atoms with van der Waals surface area (Å²) in [6, 6.07) is 16.2. The molecule has 6 rings (SSSR count). The van der Waals surface area contributed by atoms with Crippen molar-refractivity contribution in [3.63, 3.8) is 0 Å². The van der Waals surface area contributed by atoms with E-state index in [1.807, 2.05) is 0 Å². The molecule has 2 amide bonds. The van der Waals surface area contributed by atoms with Crippen LogP contribution >= 0.6 is 27.5 Å². The van der Waals surface area contributed by atoms with Gasteiger partial charge in [-0.2, -0.15) is 0 Å². The summed E-state index contributed by atoms with van der Waals surface area (Å²) < 4.78 is 51.1. The molecule has 1 fully saturated rings. The van der Waals surface area contributed by atoms with E-state index in [0.717, 1.165) is 25.0 Å². The van der Waals surface area contributed by atoms with Crippen molar-refractivity contribution < 1.29 is 32.2 Å². The molecule has 0 bridgehead atoms. The summed E-state index contributed by atoms with van der Waals surface area (Å²) >= 11 is 9.55. The molecule has 0 spiro atoms. The molecule has 0 saturated heterocycles. The maximum Gasteiger partial charge on any atom is 0.573 e. The van der Waals surface area contributed by atoms with Crippen LogP contribution in [0.15, 0.2) is 76.0 Å². The Kier molecular flexibility index (Phi) is 8.64. The first-order valence-electron chi connectivity index (χ1n) is 14.4. The van der Waals surface area contributed by atoms with Crippen molar-refractivity contribution >= 4 is 39.3 Å². The summed E-state index contributed by atoms with van der Waals surface area (Å²) in [5, 5.41) is 3.23. The van der Waals surface area contributed by atoms with Crippen LogP contribution in [-0.4, -0.2) is 44.9 Å². The molecule has 2 aliphatic rings. The minimum Gasteiger partial charge on any atom is -0.490 e. The van der Waals surface area contributed by atoms with Crippen molar-refractivity contribution in [2.24, 2.45) is 0 Å². The third-order valence-corrected chi connectivity index (χ3v) is 8.96. The number of aromatic nitrogens is 2. The predicted octanol–water partition coefficient (Wildman–Crippen LogP) is 6.64. The quantitative estimate of drug-likeness (QED) is 0.221. The predicted molar refractivity (Wildman–Crippen MR) is 167 cm³/mol. The largest absolute Gasteiger partial charge is 0.573 e. The summed E-state index contributed by atoms with van der Waals surface area (Å²) in [5.41, 5.74) is 1.22. The Bertz CT molecular complexity index is 1850. The molecule has 1 aliphatic heterocycles. The molecule has 1 N–H and O–H groups in total. The summed E-state index contributed by atoms with van der Waals surface area (Å²) in [5.74, 6) is -0.668. The van der Waals surface area contributed by atoms with Crippen LogP contribution in [0.1, 0.15) is 57.9 Å². The number of nitrogens with zero attached hydrogens (tertiary/aromatic N) is 3. The van der Waals surface area contributed by atoms with E-state index >= 15 is 0 Å². The summed E-state index contributed by atoms with van der Waals surface area (Å²) in [6.45, 7) is 2.01. The molecule has 14 heteroatoms. The summed E-state index contributed by atoms with van der Waals surface area (Å²) in [6.07, 6.45) is -2.69. The van der Waals surface area contributed by atoms with Crippen LogP contribution in [0.25, 0.3) is 5.69 Å². The molecule has 46 heavy (non-hydrogen) atoms. The lowest BCUT2D eigenvalue weighted by Crippen LogP contribution is -2.41. The summed E-state index contributed by atoms with van der Waals surface area (Å²) in [4.78, 5) is 42.9. The zero-order chi connectivity index (χ0) is 32.7. The molecule has 0 radical (unpaired) electrons. The average molecular weight is 720 g/mol. The highest BCUT2D eigenvalue weighted by Crippen LogP contribution is 2.30. The van der Waals surface area contributed by atoms with Gasteiger partial charge in [-0.25, -0.2) is 4.79 Å². The fraction of sp³-hybridized carbons (Fsp3) is 0.281. The standard InChI is InChI=1S/C32H27BrClF3N4O5/c1-18(19-2-7-24(8-3-19)46-32(35,36)37)38-29(42)28-27-17-39(30(43)20-4-13-25(33)26(34)16-20)14-15-40(27)31(44)41(28)21-5-9-22(10-6-21)45-23-11-12-23/h2-10,13,16,18,23H,11-12,14-15,17H2,1H3,(H,38,42)/t18-/m0/s1. The van der Waals surface area contributed by atoms with Crippen LogP contribution in [0, 0.1) is 0 Å². The number of ether oxygens (including phenoxy) is 2. The second kappa shape index (κ2) is 12.5. The Labute approximate surface area is 274 Å². The molecular weight excluding hydrogens is 693 g/mol. The number of carbonyl (C=O) groups is 2. The van der Waals surface area contributed by atoms with Gasteiger partial charge in [0.2, 0.25) is 0 Å². The zero-order valence-corrected chi connectivity index (χ0v) is 26.7. The van der Waals surface area contributed by atoms with E-state index in [4.69, 9.17) is 16.3 Å². The van der Waals surface area contributed by atoms with Gasteiger partial charge >= 0.3 is 12.1 Å². The topological polar surface area (TPSA) is 94.8 Å². The highest BCUT2D eigenvalue weighted by molar-refractivity contribution is 9.10. The highest BCUT2D eigenvalue weighted by Gasteiger charge is 2.34. The number of fused-ring (bicyclic) bond motifs is 1. The fourth-order valence-corrected chi connectivity index (χ4v) is 5.70. The second-order valence-electron chi connectivity index (χ2n) is 11.0. The first-order valence-corrected chi connectivity index (χ1v) is 15.6. The molecule has 3 aromatic carbocycles. The number of benzene rings is 3. The van der Waals surface area contributed by atoms with Gasteiger partial charge < -0.3 is 19.7 Å². The molecule has 1 aromatic heterocycles. The van der Waals surface area contributed by atoms with Crippen LogP contribution in [0.2, 0.25) is 5.02 Å². The van der Waals surface area contributed by atoms with Gasteiger partial charge in [0.1, 0.15) is 17.2 Å². The van der Waals surface area contributed by atoms with Crippen LogP contribution < -0.4 is 20.5 Å². The third-order valence-electron chi connectivity index (χ3n) is 7.73. The molecule has 1 saturated carbocycles. The van der Waals surface area contributed by atoms with Crippen LogP contribution in [-0.2, 0) is 13.1 Å². The van der Waals surface area contributed by atoms with Crippen molar-refractivity contribution in [3.8, 4) is 17.2 Å². The number of alkyl halides is 3. The molecule has 2 heterocycles. The van der Waals surface area contributed by atoms with Gasteiger partial charge in [-0.1, -0.05) is 23.7 Å². The summed E-state index contributed by atoms with van der Waals surface area (Å²) in [7, 11) is 0. The molecule has 1 aliphatic carbocycles. The Balaban J connectivity index is 1.33. The first kappa shape index (κ1) is 31.7. The lowest BCUT2D eigenvalue weighted by molar-refractivity contribution is -0.274. The maximum atomic E-state index is 14.0. The van der Waals surface area contributed by atoms with E-state index in [2.05, 4.69) is 26.0 Å². The third kappa shape index (κ3) is 6.80. The van der Waals surface area contributed by atoms with Gasteiger partial charge in [0.05, 0.1) is 35.1 Å². The molecule has 0 unspecified atom stereocenters. The van der Waals surface area contributed by atoms with E-state index in [1.165, 1.54) is 21.3 Å².